The van der Waals surface area contributed by atoms with Gasteiger partial charge in [0.15, 0.2) is 11.6 Å². The van der Waals surface area contributed by atoms with E-state index in [1.54, 1.807) is 0 Å². The van der Waals surface area contributed by atoms with Crippen LogP contribution >= 0.6 is 0 Å². The zero-order valence-corrected chi connectivity index (χ0v) is 29.8. The smallest absolute Gasteiger partial charge is 0.341 e. The molecule has 0 radical (unpaired) electrons. The highest BCUT2D eigenvalue weighted by Gasteiger charge is 2.38. The van der Waals surface area contributed by atoms with Crippen molar-refractivity contribution in [2.45, 2.75) is 19.3 Å². The molecule has 0 unspecified atom stereocenters. The first-order chi connectivity index (χ1) is 25.0. The Morgan fingerprint density at radius 1 is 0.648 bits per heavy atom. The standard InChI is InChI=1S/C18H15F5N2O4S.C16H16F2N2O3S/c1-30(28,29)25(14-4-2-3-13(19)8-14)10-12-6-5-11(7-15(12)20)16(26)9-24-17(27)18(21,22)23;1-24(22,23)20(14-4-2-3-13(17)8-14)10-12-6-5-11(7-15(12)18)16(21)9-19/h2-8H,9-10H2,1H3,(H,24,27);2-8H,9-10,19H2,1H3. The number of nitrogens with one attached hydrogen (secondary N) is 1. The second kappa shape index (κ2) is 17.7. The summed E-state index contributed by atoms with van der Waals surface area (Å²) in [5, 5.41) is 1.37. The Morgan fingerprint density at radius 2 is 1.06 bits per heavy atom. The molecule has 4 aromatic rings. The van der Waals surface area contributed by atoms with Crippen molar-refractivity contribution in [3.05, 3.63) is 130 Å². The van der Waals surface area contributed by atoms with Crippen LogP contribution in [0.15, 0.2) is 84.9 Å². The molecule has 0 aliphatic heterocycles. The molecule has 290 valence electrons. The van der Waals surface area contributed by atoms with Crippen molar-refractivity contribution < 1.29 is 62.0 Å². The van der Waals surface area contributed by atoms with Crippen LogP contribution in [0.5, 0.6) is 0 Å². The van der Waals surface area contributed by atoms with Crippen molar-refractivity contribution in [1.82, 2.24) is 5.32 Å². The van der Waals surface area contributed by atoms with Crippen LogP contribution in [-0.4, -0.2) is 66.1 Å². The second-order valence-corrected chi connectivity index (χ2v) is 15.2. The molecule has 0 saturated heterocycles. The van der Waals surface area contributed by atoms with Gasteiger partial charge < -0.3 is 11.1 Å². The monoisotopic (exact) mass is 804 g/mol. The summed E-state index contributed by atoms with van der Waals surface area (Å²) in [5.41, 5.74) is 4.93. The Morgan fingerprint density at radius 3 is 1.39 bits per heavy atom. The fraction of sp³-hybridized carbons (Fsp3) is 0.206. The normalized spacial score (nSPS) is 11.6. The van der Waals surface area contributed by atoms with Gasteiger partial charge in [-0.2, -0.15) is 13.2 Å². The number of halogens is 7. The van der Waals surface area contributed by atoms with E-state index in [0.29, 0.717) is 6.07 Å². The molecule has 0 bridgehead atoms. The third kappa shape index (κ3) is 12.1. The summed E-state index contributed by atoms with van der Waals surface area (Å²) in [6.07, 6.45) is -3.37. The van der Waals surface area contributed by atoms with E-state index >= 15 is 0 Å². The molecule has 0 aliphatic carbocycles. The molecule has 4 aromatic carbocycles. The number of Topliss-reactive ketones (excluding diaryl/α,β-unsaturated/α-hetero) is 2. The van der Waals surface area contributed by atoms with Gasteiger partial charge in [-0.1, -0.05) is 36.4 Å². The number of benzene rings is 4. The van der Waals surface area contributed by atoms with Gasteiger partial charge in [-0.15, -0.1) is 0 Å². The minimum atomic E-state index is -5.17. The Labute approximate surface area is 305 Å². The number of carbonyl (C=O) groups excluding carboxylic acids is 3. The molecule has 1 amide bonds. The molecule has 4 rings (SSSR count). The number of alkyl halides is 3. The van der Waals surface area contributed by atoms with Gasteiger partial charge in [0.1, 0.15) is 23.3 Å². The summed E-state index contributed by atoms with van der Waals surface area (Å²) in [6.45, 7) is -2.11. The number of ketones is 2. The maximum Gasteiger partial charge on any atom is 0.471 e. The van der Waals surface area contributed by atoms with Crippen LogP contribution < -0.4 is 19.7 Å². The number of hydrogen-bond acceptors (Lipinski definition) is 8. The summed E-state index contributed by atoms with van der Waals surface area (Å²) in [4.78, 5) is 34.1. The summed E-state index contributed by atoms with van der Waals surface area (Å²) in [7, 11) is -7.70. The van der Waals surface area contributed by atoms with E-state index in [0.717, 1.165) is 57.5 Å². The molecule has 0 fully saturated rings. The minimum absolute atomic E-state index is 0.0492. The lowest BCUT2D eigenvalue weighted by Gasteiger charge is -2.23. The average molecular weight is 805 g/mol. The van der Waals surface area contributed by atoms with Gasteiger partial charge in [0.25, 0.3) is 0 Å². The molecule has 54 heavy (non-hydrogen) atoms. The van der Waals surface area contributed by atoms with Crippen molar-refractivity contribution >= 4 is 48.9 Å². The molecule has 3 N–H and O–H groups in total. The fourth-order valence-electron chi connectivity index (χ4n) is 4.55. The van der Waals surface area contributed by atoms with E-state index in [1.807, 2.05) is 0 Å². The first-order valence-corrected chi connectivity index (χ1v) is 18.9. The molecule has 0 aromatic heterocycles. The van der Waals surface area contributed by atoms with Crippen LogP contribution in [0.2, 0.25) is 0 Å². The van der Waals surface area contributed by atoms with Crippen LogP contribution in [0.1, 0.15) is 31.8 Å². The molecule has 0 saturated carbocycles. The Bertz CT molecular complexity index is 2250. The number of amides is 1. The van der Waals surface area contributed by atoms with Gasteiger partial charge in [-0.3, -0.25) is 23.0 Å². The molecule has 0 aliphatic rings. The quantitative estimate of drug-likeness (QED) is 0.143. The lowest BCUT2D eigenvalue weighted by Crippen LogP contribution is -2.39. The van der Waals surface area contributed by atoms with E-state index in [4.69, 9.17) is 5.73 Å². The summed E-state index contributed by atoms with van der Waals surface area (Å²) >= 11 is 0. The summed E-state index contributed by atoms with van der Waals surface area (Å²) in [6, 6.07) is 16.2. The number of anilines is 2. The molecule has 0 heterocycles. The van der Waals surface area contributed by atoms with Crippen molar-refractivity contribution in [2.75, 3.05) is 34.2 Å². The molecular weight excluding hydrogens is 774 g/mol. The third-order valence-electron chi connectivity index (χ3n) is 7.22. The number of nitrogens with zero attached hydrogens (tertiary/aromatic N) is 2. The third-order valence-corrected chi connectivity index (χ3v) is 9.50. The molecule has 0 atom stereocenters. The zero-order valence-electron chi connectivity index (χ0n) is 28.2. The molecular formula is C34H31F7N4O7S2. The zero-order chi connectivity index (χ0) is 40.6. The Hall–Kier alpha value is -5.34. The predicted octanol–water partition coefficient (Wildman–Crippen LogP) is 4.86. The first-order valence-electron chi connectivity index (χ1n) is 15.2. The molecule has 0 spiro atoms. The molecule has 11 nitrogen and oxygen atoms in total. The average Bonchev–Trinajstić information content (AvgIpc) is 3.07. The van der Waals surface area contributed by atoms with Crippen LogP contribution in [0, 0.1) is 23.3 Å². The van der Waals surface area contributed by atoms with Crippen LogP contribution in [0.3, 0.4) is 0 Å². The van der Waals surface area contributed by atoms with Gasteiger partial charge in [-0.25, -0.2) is 34.4 Å². The van der Waals surface area contributed by atoms with Crippen LogP contribution in [-0.2, 0) is 37.9 Å². The number of sulfonamides is 2. The first kappa shape index (κ1) is 43.1. The number of carbonyl (C=O) groups is 3. The highest BCUT2D eigenvalue weighted by molar-refractivity contribution is 7.92. The van der Waals surface area contributed by atoms with E-state index < -0.39 is 80.1 Å². The van der Waals surface area contributed by atoms with Crippen molar-refractivity contribution in [3.63, 3.8) is 0 Å². The van der Waals surface area contributed by atoms with Gasteiger partial charge in [0, 0.05) is 22.3 Å². The maximum absolute atomic E-state index is 14.4. The van der Waals surface area contributed by atoms with E-state index in [2.05, 4.69) is 0 Å². The van der Waals surface area contributed by atoms with Gasteiger partial charge in [-0.05, 0) is 48.5 Å². The minimum Gasteiger partial charge on any atom is -0.341 e. The molecule has 20 heteroatoms. The van der Waals surface area contributed by atoms with Gasteiger partial charge in [0.2, 0.25) is 20.0 Å². The Kier molecular flexibility index (Phi) is 14.1. The fourth-order valence-corrected chi connectivity index (χ4v) is 6.29. The van der Waals surface area contributed by atoms with Crippen LogP contribution in [0.4, 0.5) is 42.1 Å². The van der Waals surface area contributed by atoms with Crippen LogP contribution in [0.25, 0.3) is 0 Å². The number of hydrogen-bond donors (Lipinski definition) is 2. The van der Waals surface area contributed by atoms with E-state index in [1.165, 1.54) is 47.8 Å². The van der Waals surface area contributed by atoms with E-state index in [9.17, 15) is 62.0 Å². The SMILES string of the molecule is CS(=O)(=O)N(Cc1ccc(C(=O)CN)cc1F)c1cccc(F)c1.CS(=O)(=O)N(Cc1ccc(C(=O)CNC(=O)C(F)(F)F)cc1F)c1cccc(F)c1. The van der Waals surface area contributed by atoms with Gasteiger partial charge in [0.05, 0.1) is 50.1 Å². The van der Waals surface area contributed by atoms with Gasteiger partial charge >= 0.3 is 12.1 Å². The predicted molar refractivity (Wildman–Crippen MR) is 184 cm³/mol. The number of nitrogens with two attached hydrogens (primary N) is 1. The largest absolute Gasteiger partial charge is 0.471 e. The lowest BCUT2D eigenvalue weighted by molar-refractivity contribution is -0.173. The van der Waals surface area contributed by atoms with Crippen molar-refractivity contribution in [3.8, 4) is 0 Å². The maximum atomic E-state index is 14.4. The summed E-state index contributed by atoms with van der Waals surface area (Å²) in [5.74, 6) is -6.78. The Balaban J connectivity index is 0.000000297. The lowest BCUT2D eigenvalue weighted by atomic mass is 10.1. The van der Waals surface area contributed by atoms with E-state index in [-0.39, 0.29) is 46.7 Å². The van der Waals surface area contributed by atoms with Crippen molar-refractivity contribution in [1.29, 1.82) is 0 Å². The topological polar surface area (TPSA) is 164 Å². The highest BCUT2D eigenvalue weighted by Crippen LogP contribution is 2.25. The second-order valence-electron chi connectivity index (χ2n) is 11.3. The number of rotatable bonds is 13. The highest BCUT2D eigenvalue weighted by atomic mass is 32.2. The summed E-state index contributed by atoms with van der Waals surface area (Å²) < 4.78 is 142. The van der Waals surface area contributed by atoms with Crippen molar-refractivity contribution in [2.24, 2.45) is 5.73 Å².